The number of primary amides is 1. The first kappa shape index (κ1) is 28.0. The maximum absolute atomic E-state index is 14.3. The fourth-order valence-corrected chi connectivity index (χ4v) is 5.49. The molecule has 4 N–H and O–H groups in total. The second kappa shape index (κ2) is 11.4. The van der Waals surface area contributed by atoms with Crippen molar-refractivity contribution in [2.24, 2.45) is 5.73 Å². The minimum Gasteiger partial charge on any atom is -0.423 e. The molecular formula is C25H21BrF2N3O5PS. The predicted molar refractivity (Wildman–Crippen MR) is 144 cm³/mol. The number of carbonyl (C=O) groups excluding carboxylic acids is 1. The molecule has 1 amide bonds. The molecule has 4 rings (SSSR count). The fraction of sp³-hybridized carbons (Fsp3) is 0.120. The summed E-state index contributed by atoms with van der Waals surface area (Å²) in [5.41, 5.74) is 2.08. The van der Waals surface area contributed by atoms with Crippen LogP contribution < -0.4 is 10.6 Å². The quantitative estimate of drug-likeness (QED) is 0.140. The Labute approximate surface area is 229 Å². The smallest absolute Gasteiger partial charge is 0.399 e. The summed E-state index contributed by atoms with van der Waals surface area (Å²) in [6.45, 7) is 0.160. The minimum absolute atomic E-state index is 0.140. The summed E-state index contributed by atoms with van der Waals surface area (Å²) in [5, 5.41) is 0. The molecule has 0 aliphatic carbocycles. The maximum atomic E-state index is 14.3. The van der Waals surface area contributed by atoms with Crippen molar-refractivity contribution in [2.75, 3.05) is 10.7 Å². The predicted octanol–water partition coefficient (Wildman–Crippen LogP) is 6.25. The van der Waals surface area contributed by atoms with E-state index in [0.717, 1.165) is 22.2 Å². The molecule has 0 aliphatic rings. The van der Waals surface area contributed by atoms with Gasteiger partial charge in [-0.1, -0.05) is 58.4 Å². The van der Waals surface area contributed by atoms with Crippen LogP contribution in [0.25, 0.3) is 11.3 Å². The molecule has 1 aromatic heterocycles. The highest BCUT2D eigenvalue weighted by molar-refractivity contribution is 9.10. The number of thioether (sulfide) groups is 1. The lowest BCUT2D eigenvalue weighted by molar-refractivity contribution is -0.115. The van der Waals surface area contributed by atoms with Crippen LogP contribution in [-0.4, -0.2) is 26.4 Å². The number of amides is 1. The Hall–Kier alpha value is -3.02. The second-order valence-corrected chi connectivity index (χ2v) is 11.7. The molecule has 4 aromatic rings. The van der Waals surface area contributed by atoms with Gasteiger partial charge in [0.2, 0.25) is 5.91 Å². The van der Waals surface area contributed by atoms with Crippen molar-refractivity contribution in [3.8, 4) is 11.3 Å². The molecule has 8 nitrogen and oxygen atoms in total. The van der Waals surface area contributed by atoms with Crippen molar-refractivity contribution in [3.63, 3.8) is 0 Å². The largest absolute Gasteiger partial charge is 0.423 e. The monoisotopic (exact) mass is 623 g/mol. The topological polar surface area (TPSA) is 130 Å². The van der Waals surface area contributed by atoms with Gasteiger partial charge in [0, 0.05) is 26.2 Å². The van der Waals surface area contributed by atoms with Gasteiger partial charge < -0.3 is 19.9 Å². The number of carbonyl (C=O) groups is 1. The van der Waals surface area contributed by atoms with Crippen LogP contribution in [0.2, 0.25) is 0 Å². The zero-order chi connectivity index (χ0) is 27.5. The van der Waals surface area contributed by atoms with E-state index in [1.165, 1.54) is 23.9 Å². The van der Waals surface area contributed by atoms with Crippen LogP contribution in [0, 0.1) is 0 Å². The van der Waals surface area contributed by atoms with Crippen LogP contribution in [0.4, 0.5) is 20.5 Å². The molecule has 0 bridgehead atoms. The van der Waals surface area contributed by atoms with Gasteiger partial charge in [0.1, 0.15) is 0 Å². The van der Waals surface area contributed by atoms with Gasteiger partial charge in [0.15, 0.2) is 5.76 Å². The number of benzene rings is 3. The van der Waals surface area contributed by atoms with Crippen LogP contribution in [0.1, 0.15) is 11.1 Å². The Kier molecular flexibility index (Phi) is 8.39. The third-order valence-corrected chi connectivity index (χ3v) is 8.04. The standard InChI is InChI=1S/C25H21BrF2N3O5PS/c26-21-12-16(6-11-20(21)25(27,28)37(33,34)35)14-31(18-4-2-1-3-5-18)24-30-13-22(36-24)17-7-9-19(10-8-17)38-15-23(29)32/h1-13H,14-15H2,(H2,29,32)(H2,33,34,35). The molecule has 3 aromatic carbocycles. The van der Waals surface area contributed by atoms with Crippen molar-refractivity contribution in [1.29, 1.82) is 0 Å². The Balaban J connectivity index is 1.62. The number of rotatable bonds is 10. The van der Waals surface area contributed by atoms with E-state index in [9.17, 15) is 18.1 Å². The molecule has 0 saturated carbocycles. The van der Waals surface area contributed by atoms with E-state index in [0.29, 0.717) is 11.3 Å². The zero-order valence-corrected chi connectivity index (χ0v) is 22.8. The van der Waals surface area contributed by atoms with Crippen LogP contribution in [0.5, 0.6) is 0 Å². The van der Waals surface area contributed by atoms with E-state index in [1.54, 1.807) is 11.1 Å². The van der Waals surface area contributed by atoms with Gasteiger partial charge >= 0.3 is 19.3 Å². The first-order chi connectivity index (χ1) is 18.0. The molecule has 13 heteroatoms. The number of nitrogens with zero attached hydrogens (tertiary/aromatic N) is 2. The van der Waals surface area contributed by atoms with E-state index in [1.807, 2.05) is 54.6 Å². The minimum atomic E-state index is -5.71. The van der Waals surface area contributed by atoms with Crippen molar-refractivity contribution >= 4 is 52.9 Å². The zero-order valence-electron chi connectivity index (χ0n) is 19.5. The summed E-state index contributed by atoms with van der Waals surface area (Å²) >= 11 is 4.35. The Morgan fingerprint density at radius 3 is 2.39 bits per heavy atom. The van der Waals surface area contributed by atoms with E-state index < -0.39 is 24.7 Å². The third-order valence-electron chi connectivity index (χ3n) is 5.38. The number of hydrogen-bond donors (Lipinski definition) is 3. The van der Waals surface area contributed by atoms with Gasteiger partial charge in [-0.05, 0) is 35.9 Å². The normalized spacial score (nSPS) is 11.9. The summed E-state index contributed by atoms with van der Waals surface area (Å²) in [4.78, 5) is 36.2. The van der Waals surface area contributed by atoms with E-state index in [4.69, 9.17) is 19.9 Å². The first-order valence-corrected chi connectivity index (χ1v) is 14.4. The number of halogens is 3. The molecule has 0 saturated heterocycles. The highest BCUT2D eigenvalue weighted by atomic mass is 79.9. The van der Waals surface area contributed by atoms with Crippen LogP contribution in [-0.2, 0) is 21.6 Å². The third kappa shape index (κ3) is 6.33. The van der Waals surface area contributed by atoms with Gasteiger partial charge in [-0.25, -0.2) is 4.98 Å². The number of nitrogens with two attached hydrogens (primary N) is 1. The molecule has 0 fully saturated rings. The summed E-state index contributed by atoms with van der Waals surface area (Å²) in [6, 6.07) is 20.5. The SMILES string of the molecule is NC(=O)CSc1ccc(-c2cnc(N(Cc3ccc(C(F)(F)P(=O)(O)O)c(Br)c3)c3ccccc3)o2)cc1. The molecular weight excluding hydrogens is 603 g/mol. The Morgan fingerprint density at radius 1 is 1.11 bits per heavy atom. The fourth-order valence-electron chi connectivity index (χ4n) is 3.51. The lowest BCUT2D eigenvalue weighted by atomic mass is 10.1. The molecule has 0 unspecified atom stereocenters. The average molecular weight is 624 g/mol. The van der Waals surface area contributed by atoms with Gasteiger partial charge in [0.25, 0.3) is 0 Å². The molecule has 0 atom stereocenters. The van der Waals surface area contributed by atoms with Gasteiger partial charge in [0.05, 0.1) is 18.5 Å². The van der Waals surface area contributed by atoms with Crippen LogP contribution in [0.15, 0.2) is 92.8 Å². The summed E-state index contributed by atoms with van der Waals surface area (Å²) in [5.74, 6) is 0.258. The molecule has 0 radical (unpaired) electrons. The molecule has 198 valence electrons. The maximum Gasteiger partial charge on any atom is 0.399 e. The van der Waals surface area contributed by atoms with E-state index >= 15 is 0 Å². The number of alkyl halides is 2. The Bertz CT molecular complexity index is 1480. The van der Waals surface area contributed by atoms with Crippen molar-refractivity contribution in [3.05, 3.63) is 94.6 Å². The summed E-state index contributed by atoms with van der Waals surface area (Å²) < 4.78 is 45.7. The molecule has 38 heavy (non-hydrogen) atoms. The molecule has 1 heterocycles. The van der Waals surface area contributed by atoms with Gasteiger partial charge in [-0.2, -0.15) is 8.78 Å². The lowest BCUT2D eigenvalue weighted by Gasteiger charge is -2.23. The van der Waals surface area contributed by atoms with Crippen LogP contribution in [0.3, 0.4) is 0 Å². The lowest BCUT2D eigenvalue weighted by Crippen LogP contribution is -2.18. The Morgan fingerprint density at radius 2 is 1.79 bits per heavy atom. The average Bonchev–Trinajstić information content (AvgIpc) is 3.36. The van der Waals surface area contributed by atoms with Crippen molar-refractivity contribution in [1.82, 2.24) is 4.98 Å². The highest BCUT2D eigenvalue weighted by Crippen LogP contribution is 2.60. The van der Waals surface area contributed by atoms with Gasteiger partial charge in [-0.15, -0.1) is 11.8 Å². The first-order valence-electron chi connectivity index (χ1n) is 11.0. The van der Waals surface area contributed by atoms with Crippen molar-refractivity contribution in [2.45, 2.75) is 17.1 Å². The second-order valence-electron chi connectivity index (χ2n) is 8.11. The van der Waals surface area contributed by atoms with Crippen LogP contribution >= 0.6 is 35.3 Å². The van der Waals surface area contributed by atoms with Gasteiger partial charge in [-0.3, -0.25) is 14.3 Å². The number of anilines is 2. The molecule has 0 spiro atoms. The van der Waals surface area contributed by atoms with E-state index in [2.05, 4.69) is 20.9 Å². The van der Waals surface area contributed by atoms with Crippen molar-refractivity contribution < 1.29 is 32.3 Å². The number of hydrogen-bond acceptors (Lipinski definition) is 6. The molecule has 0 aliphatic heterocycles. The summed E-state index contributed by atoms with van der Waals surface area (Å²) in [6.07, 6.45) is 1.57. The van der Waals surface area contributed by atoms with E-state index in [-0.39, 0.29) is 22.8 Å². The number of aromatic nitrogens is 1. The summed E-state index contributed by atoms with van der Waals surface area (Å²) in [7, 11) is -5.71. The highest BCUT2D eigenvalue weighted by Gasteiger charge is 2.51. The number of oxazole rings is 1. The number of para-hydroxylation sites is 1.